The molecule has 3 heterocycles. The number of ether oxygens (including phenoxy) is 2. The van der Waals surface area contributed by atoms with Gasteiger partial charge in [-0.15, -0.1) is 0 Å². The fraction of sp³-hybridized carbons (Fsp3) is 0.583. The topological polar surface area (TPSA) is 71.0 Å². The van der Waals surface area contributed by atoms with Crippen molar-refractivity contribution in [1.29, 1.82) is 0 Å². The lowest BCUT2D eigenvalue weighted by molar-refractivity contribution is -0.143. The zero-order chi connectivity index (χ0) is 36.4. The first-order valence-corrected chi connectivity index (χ1v) is 17.0. The fourth-order valence-corrected chi connectivity index (χ4v) is 7.08. The Morgan fingerprint density at radius 3 is 2.08 bits per heavy atom. The Hall–Kier alpha value is -3.81. The summed E-state index contributed by atoms with van der Waals surface area (Å²) < 4.78 is 94.8. The van der Waals surface area contributed by atoms with Gasteiger partial charge in [0.15, 0.2) is 0 Å². The Balaban J connectivity index is 1.58. The summed E-state index contributed by atoms with van der Waals surface area (Å²) in [4.78, 5) is 28.6. The summed E-state index contributed by atoms with van der Waals surface area (Å²) in [5, 5.41) is 0. The molecule has 2 aliphatic heterocycles. The first-order valence-electron chi connectivity index (χ1n) is 17.0. The third-order valence-electron chi connectivity index (χ3n) is 9.49. The highest BCUT2D eigenvalue weighted by Crippen LogP contribution is 2.41. The number of piperidine rings is 1. The predicted molar refractivity (Wildman–Crippen MR) is 178 cm³/mol. The number of alkyl halides is 6. The van der Waals surface area contributed by atoms with E-state index in [1.54, 1.807) is 43.0 Å². The van der Waals surface area contributed by atoms with Crippen molar-refractivity contribution in [3.63, 3.8) is 0 Å². The lowest BCUT2D eigenvalue weighted by Crippen LogP contribution is -2.60. The van der Waals surface area contributed by atoms with Crippen molar-refractivity contribution in [1.82, 2.24) is 14.9 Å². The minimum absolute atomic E-state index is 0.0431. The number of nitrogens with zero attached hydrogens (tertiary/aromatic N) is 5. The van der Waals surface area contributed by atoms with Crippen LogP contribution in [0.15, 0.2) is 54.9 Å². The number of carbonyl (C=O) groups is 1. The maximum atomic E-state index is 13.9. The molecule has 0 spiro atoms. The Morgan fingerprint density at radius 1 is 0.940 bits per heavy atom. The molecule has 5 rings (SSSR count). The van der Waals surface area contributed by atoms with Gasteiger partial charge in [0, 0.05) is 43.7 Å². The highest BCUT2D eigenvalue weighted by atomic mass is 19.4. The quantitative estimate of drug-likeness (QED) is 0.268. The molecule has 0 saturated carbocycles. The van der Waals surface area contributed by atoms with E-state index in [4.69, 9.17) is 9.47 Å². The van der Waals surface area contributed by atoms with Gasteiger partial charge in [-0.25, -0.2) is 14.8 Å². The van der Waals surface area contributed by atoms with Crippen LogP contribution in [0, 0.1) is 11.8 Å². The van der Waals surface area contributed by atoms with Crippen LogP contribution in [0.4, 0.5) is 42.8 Å². The molecule has 274 valence electrons. The highest BCUT2D eigenvalue weighted by Gasteiger charge is 2.46. The molecule has 14 heteroatoms. The molecule has 1 aromatic heterocycles. The standard InChI is InChI=1S/C36H45F6N5O3/c1-6-27-18-28(19-31(30-10-8-7-9-23(30)2)47(27)33(48)50-34(3,4)5)46(32-43-20-29(21-44-32)45-11-13-49-14-12-45)22-24-15-25(35(37,38)39)17-26(16-24)36(40,41)42/h7-10,15-17,20-21,23,27-28,30-31H,6,11-14,18-19,22H2,1-5H3/t23?,27-,28+,30?,31?/m1/s1. The zero-order valence-corrected chi connectivity index (χ0v) is 29.0. The molecular weight excluding hydrogens is 664 g/mol. The second kappa shape index (κ2) is 14.8. The number of rotatable bonds is 7. The van der Waals surface area contributed by atoms with Gasteiger partial charge in [0.1, 0.15) is 5.60 Å². The number of anilines is 2. The van der Waals surface area contributed by atoms with Crippen LogP contribution in [0.3, 0.4) is 0 Å². The summed E-state index contributed by atoms with van der Waals surface area (Å²) >= 11 is 0. The van der Waals surface area contributed by atoms with Crippen LogP contribution in [0.2, 0.25) is 0 Å². The minimum atomic E-state index is -4.99. The number of likely N-dealkylation sites (tertiary alicyclic amines) is 1. The number of amides is 1. The van der Waals surface area contributed by atoms with Crippen LogP contribution in [-0.2, 0) is 28.4 Å². The van der Waals surface area contributed by atoms with E-state index in [1.807, 2.05) is 30.1 Å². The van der Waals surface area contributed by atoms with Gasteiger partial charge in [0.2, 0.25) is 5.95 Å². The van der Waals surface area contributed by atoms with Gasteiger partial charge in [-0.1, -0.05) is 38.2 Å². The van der Waals surface area contributed by atoms with Crippen molar-refractivity contribution in [3.8, 4) is 0 Å². The van der Waals surface area contributed by atoms with E-state index in [1.165, 1.54) is 0 Å². The zero-order valence-electron chi connectivity index (χ0n) is 29.0. The van der Waals surface area contributed by atoms with Gasteiger partial charge in [-0.05, 0) is 69.7 Å². The number of benzene rings is 1. The summed E-state index contributed by atoms with van der Waals surface area (Å²) in [6, 6.07) is 0.453. The molecule has 0 N–H and O–H groups in total. The van der Waals surface area contributed by atoms with Gasteiger partial charge in [0.25, 0.3) is 0 Å². The van der Waals surface area contributed by atoms with Crippen molar-refractivity contribution in [2.75, 3.05) is 36.1 Å². The van der Waals surface area contributed by atoms with Crippen LogP contribution < -0.4 is 9.80 Å². The van der Waals surface area contributed by atoms with E-state index < -0.39 is 47.3 Å². The average Bonchev–Trinajstić information content (AvgIpc) is 3.05. The molecule has 8 nitrogen and oxygen atoms in total. The number of morpholine rings is 1. The van der Waals surface area contributed by atoms with Crippen molar-refractivity contribution >= 4 is 17.7 Å². The minimum Gasteiger partial charge on any atom is -0.444 e. The molecule has 1 aliphatic carbocycles. The molecule has 2 saturated heterocycles. The van der Waals surface area contributed by atoms with Crippen molar-refractivity contribution in [2.24, 2.45) is 11.8 Å². The van der Waals surface area contributed by atoms with Gasteiger partial charge >= 0.3 is 18.4 Å². The molecule has 0 radical (unpaired) electrons. The Labute approximate surface area is 289 Å². The molecule has 50 heavy (non-hydrogen) atoms. The second-order valence-electron chi connectivity index (χ2n) is 14.2. The van der Waals surface area contributed by atoms with Crippen LogP contribution in [-0.4, -0.2) is 71.0 Å². The number of aromatic nitrogens is 2. The molecule has 2 aromatic rings. The van der Waals surface area contributed by atoms with E-state index >= 15 is 0 Å². The largest absolute Gasteiger partial charge is 0.444 e. The lowest BCUT2D eigenvalue weighted by atomic mass is 9.76. The third-order valence-corrected chi connectivity index (χ3v) is 9.49. The summed E-state index contributed by atoms with van der Waals surface area (Å²) in [7, 11) is 0. The van der Waals surface area contributed by atoms with E-state index in [-0.39, 0.29) is 42.0 Å². The first kappa shape index (κ1) is 37.4. The third kappa shape index (κ3) is 8.91. The van der Waals surface area contributed by atoms with E-state index in [0.29, 0.717) is 45.6 Å². The Kier molecular flexibility index (Phi) is 11.1. The molecule has 0 bridgehead atoms. The maximum absolute atomic E-state index is 13.9. The van der Waals surface area contributed by atoms with E-state index in [2.05, 4.69) is 23.0 Å². The van der Waals surface area contributed by atoms with Crippen molar-refractivity contribution < 1.29 is 40.6 Å². The van der Waals surface area contributed by atoms with Crippen LogP contribution in [0.5, 0.6) is 0 Å². The Morgan fingerprint density at radius 2 is 1.54 bits per heavy atom. The van der Waals surface area contributed by atoms with Gasteiger partial charge < -0.3 is 24.2 Å². The molecule has 3 unspecified atom stereocenters. The predicted octanol–water partition coefficient (Wildman–Crippen LogP) is 8.28. The average molecular weight is 710 g/mol. The monoisotopic (exact) mass is 709 g/mol. The number of carbonyl (C=O) groups excluding carboxylic acids is 1. The number of halogens is 6. The molecular formula is C36H45F6N5O3. The van der Waals surface area contributed by atoms with Crippen molar-refractivity contribution in [3.05, 3.63) is 71.6 Å². The molecule has 2 fully saturated rings. The van der Waals surface area contributed by atoms with Crippen molar-refractivity contribution in [2.45, 2.75) is 96.5 Å². The number of allylic oxidation sites excluding steroid dienone is 3. The maximum Gasteiger partial charge on any atom is 0.416 e. The summed E-state index contributed by atoms with van der Waals surface area (Å²) in [6.45, 7) is 11.4. The highest BCUT2D eigenvalue weighted by molar-refractivity contribution is 5.69. The van der Waals surface area contributed by atoms with E-state index in [0.717, 1.165) is 17.8 Å². The van der Waals surface area contributed by atoms with Gasteiger partial charge in [-0.3, -0.25) is 0 Å². The van der Waals surface area contributed by atoms with Gasteiger partial charge in [-0.2, -0.15) is 26.3 Å². The SMILES string of the molecule is CC[C@@H]1C[C@H](N(Cc2cc(C(F)(F)F)cc(C(F)(F)F)c2)c2ncc(N3CCOCC3)cn2)CC(C2C=CC=CC2C)N1C(=O)OC(C)(C)C. The smallest absolute Gasteiger partial charge is 0.416 e. The summed E-state index contributed by atoms with van der Waals surface area (Å²) in [6.07, 6.45) is 2.01. The Bertz CT molecular complexity index is 1500. The normalized spacial score (nSPS) is 24.7. The van der Waals surface area contributed by atoms with Gasteiger partial charge in [0.05, 0.1) is 42.4 Å². The summed E-state index contributed by atoms with van der Waals surface area (Å²) in [5.41, 5.74) is -2.98. The molecule has 5 atom stereocenters. The second-order valence-corrected chi connectivity index (χ2v) is 14.2. The number of hydrogen-bond donors (Lipinski definition) is 0. The van der Waals surface area contributed by atoms with Crippen LogP contribution in [0.25, 0.3) is 0 Å². The lowest BCUT2D eigenvalue weighted by Gasteiger charge is -2.50. The van der Waals surface area contributed by atoms with Crippen LogP contribution in [0.1, 0.15) is 70.6 Å². The molecule has 1 aromatic carbocycles. The first-order chi connectivity index (χ1) is 23.4. The molecule has 1 amide bonds. The summed E-state index contributed by atoms with van der Waals surface area (Å²) in [5.74, 6) is 0.0900. The fourth-order valence-electron chi connectivity index (χ4n) is 7.08. The van der Waals surface area contributed by atoms with E-state index in [9.17, 15) is 31.1 Å². The van der Waals surface area contributed by atoms with Crippen LogP contribution >= 0.6 is 0 Å². The molecule has 3 aliphatic rings. The number of hydrogen-bond acceptors (Lipinski definition) is 7.